The quantitative estimate of drug-likeness (QED) is 0.794. The molecule has 0 bridgehead atoms. The zero-order valence-corrected chi connectivity index (χ0v) is 11.1. The molecule has 1 rings (SSSR count). The largest absolute Gasteiger partial charge is 0.321 e. The standard InChI is InChI=1S/C15H25N/c1-5-9-15(16,10-6-2)14-8-7-12(3)13(4)11-14/h7-8,11H,5-6,9-10,16H2,1-4H3. The maximum atomic E-state index is 6.56. The molecule has 1 aromatic carbocycles. The van der Waals surface area contributed by atoms with Crippen LogP contribution in [0.4, 0.5) is 0 Å². The van der Waals surface area contributed by atoms with Gasteiger partial charge in [0.05, 0.1) is 0 Å². The first kappa shape index (κ1) is 13.2. The molecule has 0 fully saturated rings. The Morgan fingerprint density at radius 3 is 2.00 bits per heavy atom. The second-order valence-corrected chi connectivity index (χ2v) is 4.96. The van der Waals surface area contributed by atoms with Crippen LogP contribution in [-0.2, 0) is 5.54 Å². The van der Waals surface area contributed by atoms with E-state index < -0.39 is 0 Å². The Bertz CT molecular complexity index is 335. The molecule has 1 nitrogen and oxygen atoms in total. The van der Waals surface area contributed by atoms with Gasteiger partial charge in [0.25, 0.3) is 0 Å². The van der Waals surface area contributed by atoms with Crippen LogP contribution in [0, 0.1) is 13.8 Å². The summed E-state index contributed by atoms with van der Waals surface area (Å²) in [7, 11) is 0. The van der Waals surface area contributed by atoms with Gasteiger partial charge >= 0.3 is 0 Å². The predicted octanol–water partition coefficient (Wildman–Crippen LogP) is 4.06. The second kappa shape index (κ2) is 5.49. The van der Waals surface area contributed by atoms with Crippen molar-refractivity contribution in [1.82, 2.24) is 0 Å². The molecule has 2 N–H and O–H groups in total. The third-order valence-electron chi connectivity index (χ3n) is 3.47. The molecule has 0 amide bonds. The lowest BCUT2D eigenvalue weighted by molar-refractivity contribution is 0.369. The van der Waals surface area contributed by atoms with Crippen LogP contribution in [0.5, 0.6) is 0 Å². The van der Waals surface area contributed by atoms with Gasteiger partial charge in [0, 0.05) is 5.54 Å². The molecular formula is C15H25N. The number of aryl methyl sites for hydroxylation is 2. The van der Waals surface area contributed by atoms with Crippen molar-refractivity contribution in [1.29, 1.82) is 0 Å². The fourth-order valence-electron chi connectivity index (χ4n) is 2.36. The van der Waals surface area contributed by atoms with Crippen molar-refractivity contribution in [2.24, 2.45) is 5.73 Å². The maximum Gasteiger partial charge on any atom is 0.0409 e. The second-order valence-electron chi connectivity index (χ2n) is 4.96. The molecule has 0 atom stereocenters. The number of benzene rings is 1. The Kier molecular flexibility index (Phi) is 4.55. The van der Waals surface area contributed by atoms with E-state index in [1.165, 1.54) is 16.7 Å². The number of rotatable bonds is 5. The van der Waals surface area contributed by atoms with Gasteiger partial charge in [-0.2, -0.15) is 0 Å². The highest BCUT2D eigenvalue weighted by Crippen LogP contribution is 2.29. The molecule has 0 saturated carbocycles. The van der Waals surface area contributed by atoms with E-state index in [-0.39, 0.29) is 5.54 Å². The average Bonchev–Trinajstić information content (AvgIpc) is 2.22. The van der Waals surface area contributed by atoms with Crippen LogP contribution in [-0.4, -0.2) is 0 Å². The minimum Gasteiger partial charge on any atom is -0.321 e. The van der Waals surface area contributed by atoms with E-state index in [0.29, 0.717) is 0 Å². The van der Waals surface area contributed by atoms with E-state index in [2.05, 4.69) is 45.9 Å². The molecule has 90 valence electrons. The van der Waals surface area contributed by atoms with Gasteiger partial charge in [-0.3, -0.25) is 0 Å². The Labute approximate surface area is 100 Å². The first-order chi connectivity index (χ1) is 7.53. The number of hydrogen-bond acceptors (Lipinski definition) is 1. The molecule has 0 saturated heterocycles. The summed E-state index contributed by atoms with van der Waals surface area (Å²) in [5.74, 6) is 0. The molecule has 1 aromatic rings. The average molecular weight is 219 g/mol. The first-order valence-electron chi connectivity index (χ1n) is 6.40. The third kappa shape index (κ3) is 2.85. The Morgan fingerprint density at radius 2 is 1.56 bits per heavy atom. The molecule has 0 aliphatic heterocycles. The van der Waals surface area contributed by atoms with Gasteiger partial charge < -0.3 is 5.73 Å². The smallest absolute Gasteiger partial charge is 0.0409 e. The fourth-order valence-corrected chi connectivity index (χ4v) is 2.36. The molecule has 1 heteroatoms. The summed E-state index contributed by atoms with van der Waals surface area (Å²) in [6.07, 6.45) is 4.43. The zero-order chi connectivity index (χ0) is 12.2. The zero-order valence-electron chi connectivity index (χ0n) is 11.1. The summed E-state index contributed by atoms with van der Waals surface area (Å²) in [5, 5.41) is 0. The van der Waals surface area contributed by atoms with Gasteiger partial charge in [0.15, 0.2) is 0 Å². The van der Waals surface area contributed by atoms with Crippen LogP contribution in [0.2, 0.25) is 0 Å². The summed E-state index contributed by atoms with van der Waals surface area (Å²) in [4.78, 5) is 0. The molecule has 16 heavy (non-hydrogen) atoms. The van der Waals surface area contributed by atoms with Crippen molar-refractivity contribution in [3.8, 4) is 0 Å². The highest BCUT2D eigenvalue weighted by atomic mass is 14.7. The third-order valence-corrected chi connectivity index (χ3v) is 3.47. The van der Waals surface area contributed by atoms with E-state index in [1.807, 2.05) is 0 Å². The molecule has 0 unspecified atom stereocenters. The van der Waals surface area contributed by atoms with Crippen LogP contribution in [0.25, 0.3) is 0 Å². The highest BCUT2D eigenvalue weighted by molar-refractivity contribution is 5.34. The molecular weight excluding hydrogens is 194 g/mol. The lowest BCUT2D eigenvalue weighted by Crippen LogP contribution is -2.36. The van der Waals surface area contributed by atoms with Crippen LogP contribution < -0.4 is 5.73 Å². The normalized spacial score (nSPS) is 11.8. The van der Waals surface area contributed by atoms with E-state index in [0.717, 1.165) is 25.7 Å². The lowest BCUT2D eigenvalue weighted by Gasteiger charge is -2.30. The molecule has 0 heterocycles. The van der Waals surface area contributed by atoms with Crippen molar-refractivity contribution in [2.75, 3.05) is 0 Å². The first-order valence-corrected chi connectivity index (χ1v) is 6.40. The summed E-state index contributed by atoms with van der Waals surface area (Å²) >= 11 is 0. The van der Waals surface area contributed by atoms with Crippen LogP contribution in [0.1, 0.15) is 56.2 Å². The van der Waals surface area contributed by atoms with Gasteiger partial charge in [-0.1, -0.05) is 44.9 Å². The van der Waals surface area contributed by atoms with E-state index in [1.54, 1.807) is 0 Å². The number of nitrogens with two attached hydrogens (primary N) is 1. The topological polar surface area (TPSA) is 26.0 Å². The van der Waals surface area contributed by atoms with Crippen LogP contribution in [0.15, 0.2) is 18.2 Å². The molecule has 0 radical (unpaired) electrons. The van der Waals surface area contributed by atoms with Crippen LogP contribution >= 0.6 is 0 Å². The van der Waals surface area contributed by atoms with Gasteiger partial charge in [-0.15, -0.1) is 0 Å². The molecule has 0 spiro atoms. The number of hydrogen-bond donors (Lipinski definition) is 1. The van der Waals surface area contributed by atoms with Crippen molar-refractivity contribution in [2.45, 2.75) is 58.9 Å². The van der Waals surface area contributed by atoms with E-state index in [9.17, 15) is 0 Å². The SMILES string of the molecule is CCCC(N)(CCC)c1ccc(C)c(C)c1. The minimum absolute atomic E-state index is 0.123. The van der Waals surface area contributed by atoms with Crippen molar-refractivity contribution in [3.05, 3.63) is 34.9 Å². The Hall–Kier alpha value is -0.820. The van der Waals surface area contributed by atoms with E-state index >= 15 is 0 Å². The summed E-state index contributed by atoms with van der Waals surface area (Å²) < 4.78 is 0. The summed E-state index contributed by atoms with van der Waals surface area (Å²) in [6.45, 7) is 8.73. The Morgan fingerprint density at radius 1 is 1.00 bits per heavy atom. The summed E-state index contributed by atoms with van der Waals surface area (Å²) in [5.41, 5.74) is 10.4. The fraction of sp³-hybridized carbons (Fsp3) is 0.600. The van der Waals surface area contributed by atoms with Crippen molar-refractivity contribution < 1.29 is 0 Å². The molecule has 0 aromatic heterocycles. The van der Waals surface area contributed by atoms with Crippen LogP contribution in [0.3, 0.4) is 0 Å². The Balaban J connectivity index is 3.05. The van der Waals surface area contributed by atoms with Gasteiger partial charge in [0.1, 0.15) is 0 Å². The van der Waals surface area contributed by atoms with E-state index in [4.69, 9.17) is 5.73 Å². The lowest BCUT2D eigenvalue weighted by atomic mass is 9.82. The van der Waals surface area contributed by atoms with Gasteiger partial charge in [0.2, 0.25) is 0 Å². The van der Waals surface area contributed by atoms with Gasteiger partial charge in [-0.25, -0.2) is 0 Å². The monoisotopic (exact) mass is 219 g/mol. The van der Waals surface area contributed by atoms with Gasteiger partial charge in [-0.05, 0) is 43.4 Å². The predicted molar refractivity (Wildman–Crippen MR) is 71.6 cm³/mol. The minimum atomic E-state index is -0.123. The summed E-state index contributed by atoms with van der Waals surface area (Å²) in [6, 6.07) is 6.66. The van der Waals surface area contributed by atoms with Crippen molar-refractivity contribution in [3.63, 3.8) is 0 Å². The highest BCUT2D eigenvalue weighted by Gasteiger charge is 2.25. The molecule has 0 aliphatic carbocycles. The maximum absolute atomic E-state index is 6.56. The van der Waals surface area contributed by atoms with Crippen molar-refractivity contribution >= 4 is 0 Å². The molecule has 0 aliphatic rings.